The number of ether oxygens (including phenoxy) is 1. The summed E-state index contributed by atoms with van der Waals surface area (Å²) < 4.78 is 14.5. The van der Waals surface area contributed by atoms with Gasteiger partial charge in [0.15, 0.2) is 6.29 Å². The Hall–Kier alpha value is -2.58. The van der Waals surface area contributed by atoms with E-state index in [1.54, 1.807) is 11.3 Å². The lowest BCUT2D eigenvalue weighted by Gasteiger charge is -2.44. The third kappa shape index (κ3) is 5.02. The molecule has 208 valence electrons. The van der Waals surface area contributed by atoms with E-state index in [4.69, 9.17) is 9.16 Å². The monoisotopic (exact) mass is 570 g/mol. The van der Waals surface area contributed by atoms with Crippen LogP contribution in [0.2, 0.25) is 5.04 Å². The van der Waals surface area contributed by atoms with Gasteiger partial charge in [0, 0.05) is 28.3 Å². The van der Waals surface area contributed by atoms with Gasteiger partial charge < -0.3 is 19.4 Å². The highest BCUT2D eigenvalue weighted by molar-refractivity contribution is 7.19. The molecule has 4 nitrogen and oxygen atoms in total. The predicted molar refractivity (Wildman–Crippen MR) is 166 cm³/mol. The molecule has 4 aromatic rings. The Labute approximate surface area is 242 Å². The van der Waals surface area contributed by atoms with Gasteiger partial charge in [0.1, 0.15) is 0 Å². The average Bonchev–Trinajstić information content (AvgIpc) is 3.61. The van der Waals surface area contributed by atoms with Gasteiger partial charge in [0.05, 0.1) is 18.3 Å². The standard InChI is InChI=1S/C34H38O4SSi/c1-34(2,3)40(24-13-6-4-7-14-24,25-15-8-5-9-16-25)38-29(32-20-23-12-10-11-17-31(23)39-32)19-18-26-27-21-33(36)37-30(27)22-28(26)35/h4-20,26-30,33,35-36H,21-22H2,1-3H3/b19-18+/t26-,27-,28-,29-,30+,33?/m1/s1. The van der Waals surface area contributed by atoms with Crippen molar-refractivity contribution in [2.75, 3.05) is 0 Å². The summed E-state index contributed by atoms with van der Waals surface area (Å²) in [6, 6.07) is 32.2. The maximum absolute atomic E-state index is 11.0. The lowest BCUT2D eigenvalue weighted by molar-refractivity contribution is -0.0949. The average molecular weight is 571 g/mol. The van der Waals surface area contributed by atoms with E-state index in [2.05, 4.69) is 124 Å². The van der Waals surface area contributed by atoms with Gasteiger partial charge in [-0.1, -0.05) is 112 Å². The van der Waals surface area contributed by atoms with Crippen LogP contribution in [-0.2, 0) is 9.16 Å². The Balaban J connectivity index is 1.48. The molecule has 6 atom stereocenters. The summed E-state index contributed by atoms with van der Waals surface area (Å²) in [6.45, 7) is 6.90. The van der Waals surface area contributed by atoms with E-state index in [1.807, 2.05) is 0 Å². The van der Waals surface area contributed by atoms with Crippen molar-refractivity contribution in [3.8, 4) is 0 Å². The molecule has 2 aliphatic rings. The lowest BCUT2D eigenvalue weighted by atomic mass is 9.91. The molecule has 1 aliphatic carbocycles. The Morgan fingerprint density at radius 1 is 0.900 bits per heavy atom. The Morgan fingerprint density at radius 3 is 2.15 bits per heavy atom. The van der Waals surface area contributed by atoms with Crippen LogP contribution in [0.5, 0.6) is 0 Å². The van der Waals surface area contributed by atoms with Gasteiger partial charge in [-0.3, -0.25) is 0 Å². The minimum atomic E-state index is -2.85. The summed E-state index contributed by atoms with van der Waals surface area (Å²) >= 11 is 1.77. The fraction of sp³-hybridized carbons (Fsp3) is 0.353. The smallest absolute Gasteiger partial charge is 0.262 e. The van der Waals surface area contributed by atoms with Crippen molar-refractivity contribution in [3.63, 3.8) is 0 Å². The second-order valence-electron chi connectivity index (χ2n) is 12.2. The summed E-state index contributed by atoms with van der Waals surface area (Å²) in [4.78, 5) is 1.15. The van der Waals surface area contributed by atoms with E-state index in [-0.39, 0.29) is 29.1 Å². The first-order chi connectivity index (χ1) is 19.3. The van der Waals surface area contributed by atoms with Crippen LogP contribution in [0, 0.1) is 11.8 Å². The molecular formula is C34H38O4SSi. The molecule has 3 aromatic carbocycles. The van der Waals surface area contributed by atoms with Crippen LogP contribution in [0.3, 0.4) is 0 Å². The van der Waals surface area contributed by atoms with Crippen LogP contribution in [0.4, 0.5) is 0 Å². The molecule has 1 aliphatic heterocycles. The molecule has 0 radical (unpaired) electrons. The molecule has 0 spiro atoms. The van der Waals surface area contributed by atoms with Crippen LogP contribution in [0.1, 0.15) is 44.6 Å². The molecule has 0 amide bonds. The zero-order valence-electron chi connectivity index (χ0n) is 23.3. The summed E-state index contributed by atoms with van der Waals surface area (Å²) in [5, 5.41) is 24.6. The van der Waals surface area contributed by atoms with Crippen LogP contribution >= 0.6 is 11.3 Å². The quantitative estimate of drug-likeness (QED) is 0.206. The highest BCUT2D eigenvalue weighted by atomic mass is 32.1. The van der Waals surface area contributed by atoms with E-state index in [1.165, 1.54) is 20.5 Å². The molecule has 6 heteroatoms. The number of aliphatic hydroxyl groups is 2. The van der Waals surface area contributed by atoms with Crippen LogP contribution < -0.4 is 10.4 Å². The summed E-state index contributed by atoms with van der Waals surface area (Å²) in [5.74, 6) is 0.0268. The first kappa shape index (κ1) is 27.6. The minimum Gasteiger partial charge on any atom is -0.396 e. The van der Waals surface area contributed by atoms with Gasteiger partial charge in [0.25, 0.3) is 8.32 Å². The maximum Gasteiger partial charge on any atom is 0.262 e. The zero-order chi connectivity index (χ0) is 27.9. The van der Waals surface area contributed by atoms with E-state index in [0.29, 0.717) is 12.8 Å². The molecule has 2 fully saturated rings. The van der Waals surface area contributed by atoms with Crippen molar-refractivity contribution in [2.24, 2.45) is 11.8 Å². The van der Waals surface area contributed by atoms with Crippen LogP contribution in [0.15, 0.2) is 103 Å². The van der Waals surface area contributed by atoms with E-state index >= 15 is 0 Å². The highest BCUT2D eigenvalue weighted by Crippen LogP contribution is 2.45. The SMILES string of the molecule is CC(C)(C)[Si](O[C@H](/C=C/[C@@H]1[C@H]2CC(O)O[C@H]2C[C@H]1O)c1cc2ccccc2s1)(c1ccccc1)c1ccccc1. The second kappa shape index (κ2) is 11.0. The zero-order valence-corrected chi connectivity index (χ0v) is 25.1. The van der Waals surface area contributed by atoms with Crippen LogP contribution in [-0.4, -0.2) is 37.0 Å². The Morgan fingerprint density at radius 2 is 1.52 bits per heavy atom. The predicted octanol–water partition coefficient (Wildman–Crippen LogP) is 6.18. The molecule has 6 rings (SSSR count). The molecule has 2 heterocycles. The summed E-state index contributed by atoms with van der Waals surface area (Å²) in [6.07, 6.45) is 3.79. The number of aliphatic hydroxyl groups excluding tert-OH is 2. The number of thiophene rings is 1. The number of hydrogen-bond donors (Lipinski definition) is 2. The van der Waals surface area contributed by atoms with Crippen molar-refractivity contribution >= 4 is 40.1 Å². The molecule has 40 heavy (non-hydrogen) atoms. The van der Waals surface area contributed by atoms with E-state index in [9.17, 15) is 10.2 Å². The van der Waals surface area contributed by atoms with Gasteiger partial charge >= 0.3 is 0 Å². The fourth-order valence-corrected chi connectivity index (χ4v) is 12.5. The summed E-state index contributed by atoms with van der Waals surface area (Å²) in [5.41, 5.74) is 0. The molecule has 0 bridgehead atoms. The van der Waals surface area contributed by atoms with Crippen LogP contribution in [0.25, 0.3) is 10.1 Å². The third-order valence-corrected chi connectivity index (χ3v) is 14.8. The third-order valence-electron chi connectivity index (χ3n) is 8.65. The van der Waals surface area contributed by atoms with Crippen molar-refractivity contribution in [1.82, 2.24) is 0 Å². The van der Waals surface area contributed by atoms with Gasteiger partial charge in [-0.25, -0.2) is 0 Å². The fourth-order valence-electron chi connectivity index (χ4n) is 6.78. The molecular weight excluding hydrogens is 533 g/mol. The van der Waals surface area contributed by atoms with Gasteiger partial charge in [0.2, 0.25) is 0 Å². The van der Waals surface area contributed by atoms with E-state index < -0.39 is 20.7 Å². The number of benzene rings is 3. The van der Waals surface area contributed by atoms with E-state index in [0.717, 1.165) is 4.88 Å². The molecule has 1 aromatic heterocycles. The number of rotatable bonds is 7. The maximum atomic E-state index is 11.0. The summed E-state index contributed by atoms with van der Waals surface area (Å²) in [7, 11) is -2.85. The largest absolute Gasteiger partial charge is 0.396 e. The topological polar surface area (TPSA) is 58.9 Å². The molecule has 1 unspecified atom stereocenters. The van der Waals surface area contributed by atoms with Crippen molar-refractivity contribution in [3.05, 3.63) is 108 Å². The second-order valence-corrected chi connectivity index (χ2v) is 17.6. The first-order valence-electron chi connectivity index (χ1n) is 14.2. The number of hydrogen-bond acceptors (Lipinski definition) is 5. The van der Waals surface area contributed by atoms with Gasteiger partial charge in [-0.15, -0.1) is 11.3 Å². The molecule has 1 saturated heterocycles. The number of fused-ring (bicyclic) bond motifs is 2. The highest BCUT2D eigenvalue weighted by Gasteiger charge is 2.52. The minimum absolute atomic E-state index is 0.0817. The first-order valence-corrected chi connectivity index (χ1v) is 17.0. The van der Waals surface area contributed by atoms with Crippen molar-refractivity contribution in [2.45, 2.75) is 63.3 Å². The Kier molecular flexibility index (Phi) is 7.59. The van der Waals surface area contributed by atoms with Crippen molar-refractivity contribution in [1.29, 1.82) is 0 Å². The molecule has 2 N–H and O–H groups in total. The normalized spacial score (nSPS) is 26.0. The lowest BCUT2D eigenvalue weighted by Crippen LogP contribution is -2.66. The van der Waals surface area contributed by atoms with Gasteiger partial charge in [-0.2, -0.15) is 0 Å². The Bertz CT molecular complexity index is 1390. The van der Waals surface area contributed by atoms with Gasteiger partial charge in [-0.05, 0) is 38.8 Å². The molecule has 1 saturated carbocycles. The van der Waals surface area contributed by atoms with Crippen molar-refractivity contribution < 1.29 is 19.4 Å².